The second-order valence-corrected chi connectivity index (χ2v) is 4.58. The molecular formula is C11H21NO3. The summed E-state index contributed by atoms with van der Waals surface area (Å²) in [6, 6.07) is -0.638. The van der Waals surface area contributed by atoms with Gasteiger partial charge in [0.1, 0.15) is 11.8 Å². The fourth-order valence-corrected chi connectivity index (χ4v) is 1.36. The number of carboxylic acids is 1. The third-order valence-corrected chi connectivity index (χ3v) is 2.09. The molecule has 15 heavy (non-hydrogen) atoms. The first-order valence-corrected chi connectivity index (χ1v) is 5.32. The molecule has 0 aromatic heterocycles. The number of hydrogen-bond acceptors (Lipinski definition) is 3. The van der Waals surface area contributed by atoms with E-state index in [-0.39, 0.29) is 18.2 Å². The van der Waals surface area contributed by atoms with Crippen molar-refractivity contribution >= 4 is 11.8 Å². The highest BCUT2D eigenvalue weighted by molar-refractivity contribution is 5.82. The predicted molar refractivity (Wildman–Crippen MR) is 58.7 cm³/mol. The molecule has 0 heterocycles. The molecule has 0 radical (unpaired) electrons. The number of rotatable bonds is 7. The molecule has 0 rings (SSSR count). The highest BCUT2D eigenvalue weighted by Gasteiger charge is 2.21. The van der Waals surface area contributed by atoms with Gasteiger partial charge in [-0.3, -0.25) is 14.9 Å². The van der Waals surface area contributed by atoms with E-state index in [1.165, 1.54) is 0 Å². The van der Waals surface area contributed by atoms with Crippen molar-refractivity contribution in [3.05, 3.63) is 0 Å². The lowest BCUT2D eigenvalue weighted by Crippen LogP contribution is -2.43. The van der Waals surface area contributed by atoms with E-state index >= 15 is 0 Å². The van der Waals surface area contributed by atoms with Crippen LogP contribution in [0.4, 0.5) is 0 Å². The Labute approximate surface area is 91.1 Å². The number of carbonyl (C=O) groups is 2. The van der Waals surface area contributed by atoms with Gasteiger partial charge in [-0.05, 0) is 11.8 Å². The van der Waals surface area contributed by atoms with Gasteiger partial charge < -0.3 is 5.11 Å². The van der Waals surface area contributed by atoms with Crippen LogP contribution in [0.1, 0.15) is 34.1 Å². The highest BCUT2D eigenvalue weighted by atomic mass is 16.4. The molecule has 0 aliphatic heterocycles. The van der Waals surface area contributed by atoms with E-state index in [1.54, 1.807) is 0 Å². The van der Waals surface area contributed by atoms with Crippen molar-refractivity contribution in [1.82, 2.24) is 5.32 Å². The Balaban J connectivity index is 4.00. The summed E-state index contributed by atoms with van der Waals surface area (Å²) < 4.78 is 0. The average Bonchev–Trinajstić information content (AvgIpc) is 2.00. The molecule has 0 saturated heterocycles. The Morgan fingerprint density at radius 1 is 1.20 bits per heavy atom. The molecule has 0 amide bonds. The van der Waals surface area contributed by atoms with Gasteiger partial charge in [-0.25, -0.2) is 0 Å². The van der Waals surface area contributed by atoms with Gasteiger partial charge in [-0.2, -0.15) is 0 Å². The molecule has 0 saturated carbocycles. The first kappa shape index (κ1) is 14.1. The fraction of sp³-hybridized carbons (Fsp3) is 0.818. The minimum absolute atomic E-state index is 0.0191. The van der Waals surface area contributed by atoms with Gasteiger partial charge in [0.2, 0.25) is 0 Å². The maximum absolute atomic E-state index is 11.3. The molecule has 0 bridgehead atoms. The van der Waals surface area contributed by atoms with Crippen LogP contribution in [0.2, 0.25) is 0 Å². The van der Waals surface area contributed by atoms with Crippen LogP contribution in [0.3, 0.4) is 0 Å². The molecule has 0 aromatic rings. The lowest BCUT2D eigenvalue weighted by Gasteiger charge is -2.17. The monoisotopic (exact) mass is 215 g/mol. The standard InChI is InChI=1S/C11H21NO3/c1-7(2)5-9(13)6-12-10(8(3)4)11(14)15/h7-8,10,12H,5-6H2,1-4H3,(H,14,15)/t10-/m0/s1. The molecule has 2 N–H and O–H groups in total. The first-order chi connectivity index (χ1) is 6.84. The molecule has 0 aliphatic rings. The summed E-state index contributed by atoms with van der Waals surface area (Å²) in [5.41, 5.74) is 0. The van der Waals surface area contributed by atoms with Crippen molar-refractivity contribution in [1.29, 1.82) is 0 Å². The van der Waals surface area contributed by atoms with Crippen LogP contribution in [0.5, 0.6) is 0 Å². The molecule has 0 unspecified atom stereocenters. The van der Waals surface area contributed by atoms with Gasteiger partial charge in [0, 0.05) is 6.42 Å². The van der Waals surface area contributed by atoms with E-state index in [2.05, 4.69) is 5.32 Å². The van der Waals surface area contributed by atoms with Gasteiger partial charge in [-0.15, -0.1) is 0 Å². The normalized spacial score (nSPS) is 13.2. The lowest BCUT2D eigenvalue weighted by atomic mass is 10.0. The van der Waals surface area contributed by atoms with Crippen molar-refractivity contribution in [2.45, 2.75) is 40.2 Å². The van der Waals surface area contributed by atoms with Crippen molar-refractivity contribution in [3.63, 3.8) is 0 Å². The number of hydrogen-bond donors (Lipinski definition) is 2. The van der Waals surface area contributed by atoms with Crippen molar-refractivity contribution < 1.29 is 14.7 Å². The molecule has 0 aromatic carbocycles. The molecular weight excluding hydrogens is 194 g/mol. The minimum atomic E-state index is -0.901. The molecule has 0 aliphatic carbocycles. The maximum atomic E-state index is 11.3. The zero-order valence-electron chi connectivity index (χ0n) is 9.91. The van der Waals surface area contributed by atoms with Gasteiger partial charge in [0.25, 0.3) is 0 Å². The van der Waals surface area contributed by atoms with Crippen LogP contribution in [-0.4, -0.2) is 29.4 Å². The predicted octanol–water partition coefficient (Wildman–Crippen LogP) is 1.30. The van der Waals surface area contributed by atoms with E-state index in [1.807, 2.05) is 27.7 Å². The third kappa shape index (κ3) is 6.23. The summed E-state index contributed by atoms with van der Waals surface area (Å²) >= 11 is 0. The van der Waals surface area contributed by atoms with E-state index in [0.29, 0.717) is 12.3 Å². The number of nitrogens with one attached hydrogen (secondary N) is 1. The van der Waals surface area contributed by atoms with Crippen molar-refractivity contribution in [3.8, 4) is 0 Å². The van der Waals surface area contributed by atoms with E-state index in [9.17, 15) is 9.59 Å². The Morgan fingerprint density at radius 2 is 1.73 bits per heavy atom. The third-order valence-electron chi connectivity index (χ3n) is 2.09. The highest BCUT2D eigenvalue weighted by Crippen LogP contribution is 2.03. The SMILES string of the molecule is CC(C)CC(=O)CN[C@H](C(=O)O)C(C)C. The number of Topliss-reactive ketones (excluding diaryl/α,β-unsaturated/α-hetero) is 1. The average molecular weight is 215 g/mol. The summed E-state index contributed by atoms with van der Waals surface area (Å²) in [5.74, 6) is -0.532. The fourth-order valence-electron chi connectivity index (χ4n) is 1.36. The van der Waals surface area contributed by atoms with Crippen LogP contribution in [0.25, 0.3) is 0 Å². The van der Waals surface area contributed by atoms with Gasteiger partial charge in [0.15, 0.2) is 0 Å². The Hall–Kier alpha value is -0.900. The van der Waals surface area contributed by atoms with Crippen LogP contribution >= 0.6 is 0 Å². The number of carboxylic acid groups (broad SMARTS) is 1. The largest absolute Gasteiger partial charge is 0.480 e. The Morgan fingerprint density at radius 3 is 2.07 bits per heavy atom. The number of aliphatic carboxylic acids is 1. The Kier molecular flexibility index (Phi) is 6.17. The topological polar surface area (TPSA) is 66.4 Å². The second-order valence-electron chi connectivity index (χ2n) is 4.58. The maximum Gasteiger partial charge on any atom is 0.320 e. The Bertz CT molecular complexity index is 224. The summed E-state index contributed by atoms with van der Waals surface area (Å²) in [5, 5.41) is 11.6. The molecule has 1 atom stereocenters. The molecule has 4 heteroatoms. The van der Waals surface area contributed by atoms with Crippen LogP contribution < -0.4 is 5.32 Å². The van der Waals surface area contributed by atoms with Gasteiger partial charge >= 0.3 is 5.97 Å². The zero-order valence-corrected chi connectivity index (χ0v) is 9.91. The number of ketones is 1. The molecule has 88 valence electrons. The van der Waals surface area contributed by atoms with Crippen LogP contribution in [0, 0.1) is 11.8 Å². The van der Waals surface area contributed by atoms with E-state index in [4.69, 9.17) is 5.11 Å². The van der Waals surface area contributed by atoms with Gasteiger partial charge in [0.05, 0.1) is 6.54 Å². The summed E-state index contributed by atoms with van der Waals surface area (Å²) in [6.07, 6.45) is 0.497. The van der Waals surface area contributed by atoms with E-state index < -0.39 is 12.0 Å². The first-order valence-electron chi connectivity index (χ1n) is 5.32. The second kappa shape index (κ2) is 6.56. The smallest absolute Gasteiger partial charge is 0.320 e. The number of carbonyl (C=O) groups excluding carboxylic acids is 1. The lowest BCUT2D eigenvalue weighted by molar-refractivity contribution is -0.140. The molecule has 0 spiro atoms. The zero-order chi connectivity index (χ0) is 12.0. The minimum Gasteiger partial charge on any atom is -0.480 e. The summed E-state index contributed by atoms with van der Waals surface area (Å²) in [4.78, 5) is 22.1. The summed E-state index contributed by atoms with van der Waals surface area (Å²) in [7, 11) is 0. The van der Waals surface area contributed by atoms with E-state index in [0.717, 1.165) is 0 Å². The molecule has 4 nitrogen and oxygen atoms in total. The molecule has 0 fully saturated rings. The van der Waals surface area contributed by atoms with Crippen molar-refractivity contribution in [2.75, 3.05) is 6.54 Å². The quantitative estimate of drug-likeness (QED) is 0.671. The van der Waals surface area contributed by atoms with Crippen molar-refractivity contribution in [2.24, 2.45) is 11.8 Å². The van der Waals surface area contributed by atoms with Crippen LogP contribution in [-0.2, 0) is 9.59 Å². The summed E-state index contributed by atoms with van der Waals surface area (Å²) in [6.45, 7) is 7.72. The van der Waals surface area contributed by atoms with Crippen LogP contribution in [0.15, 0.2) is 0 Å². The van der Waals surface area contributed by atoms with Gasteiger partial charge in [-0.1, -0.05) is 27.7 Å².